The molecule has 3 N–H and O–H groups in total. The molecule has 0 aliphatic carbocycles. The minimum atomic E-state index is 0.136. The van der Waals surface area contributed by atoms with Gasteiger partial charge in [-0.1, -0.05) is 24.6 Å². The minimum absolute atomic E-state index is 0.136. The zero-order valence-electron chi connectivity index (χ0n) is 14.1. The molecule has 0 fully saturated rings. The number of nitrogens with one attached hydrogen (secondary N) is 1. The Hall–Kier alpha value is -2.79. The number of hydrogen-bond acceptors (Lipinski definition) is 5. The Bertz CT molecular complexity index is 881. The normalized spacial score (nSPS) is 10.5. The average Bonchev–Trinajstić information content (AvgIpc) is 2.58. The molecular formula is C19H19ClN4O. The quantitative estimate of drug-likeness (QED) is 0.665. The van der Waals surface area contributed by atoms with Crippen molar-refractivity contribution in [3.8, 4) is 11.6 Å². The highest BCUT2D eigenvalue weighted by atomic mass is 35.5. The maximum absolute atomic E-state index is 5.88. The van der Waals surface area contributed by atoms with E-state index in [0.29, 0.717) is 22.5 Å². The van der Waals surface area contributed by atoms with Crippen LogP contribution in [0.4, 0.5) is 17.5 Å². The van der Waals surface area contributed by atoms with Gasteiger partial charge >= 0.3 is 0 Å². The molecule has 128 valence electrons. The summed E-state index contributed by atoms with van der Waals surface area (Å²) in [6.07, 6.45) is 0.970. The predicted octanol–water partition coefficient (Wildman–Crippen LogP) is 5.12. The second-order valence-corrected chi connectivity index (χ2v) is 6.06. The summed E-state index contributed by atoms with van der Waals surface area (Å²) in [6.45, 7) is 4.23. The SMILES string of the molecule is CCc1cc(Nc2cc(Oc3ccc(Cl)cc3)nc(N)n2)ccc1C. The van der Waals surface area contributed by atoms with Crippen molar-refractivity contribution in [2.75, 3.05) is 11.1 Å². The van der Waals surface area contributed by atoms with Gasteiger partial charge in [-0.25, -0.2) is 0 Å². The molecule has 0 aliphatic heterocycles. The number of aryl methyl sites for hydroxylation is 2. The minimum Gasteiger partial charge on any atom is -0.439 e. The Balaban J connectivity index is 1.82. The summed E-state index contributed by atoms with van der Waals surface area (Å²) in [6, 6.07) is 14.9. The summed E-state index contributed by atoms with van der Waals surface area (Å²) >= 11 is 5.88. The predicted molar refractivity (Wildman–Crippen MR) is 102 cm³/mol. The first-order valence-electron chi connectivity index (χ1n) is 7.98. The molecule has 0 radical (unpaired) electrons. The molecule has 0 amide bonds. The molecule has 1 heterocycles. The Morgan fingerprint density at radius 1 is 1.08 bits per heavy atom. The van der Waals surface area contributed by atoms with E-state index < -0.39 is 0 Å². The lowest BCUT2D eigenvalue weighted by atomic mass is 10.1. The molecule has 0 saturated heterocycles. The smallest absolute Gasteiger partial charge is 0.226 e. The molecule has 3 aromatic rings. The molecule has 0 saturated carbocycles. The third-order valence-corrected chi connectivity index (χ3v) is 4.01. The van der Waals surface area contributed by atoms with Crippen LogP contribution in [0.5, 0.6) is 11.6 Å². The summed E-state index contributed by atoms with van der Waals surface area (Å²) in [5.41, 5.74) is 9.30. The molecule has 3 rings (SSSR count). The fraction of sp³-hybridized carbons (Fsp3) is 0.158. The molecule has 0 spiro atoms. The van der Waals surface area contributed by atoms with Gasteiger partial charge in [0.1, 0.15) is 11.6 Å². The van der Waals surface area contributed by atoms with Crippen LogP contribution in [0.3, 0.4) is 0 Å². The Labute approximate surface area is 151 Å². The van der Waals surface area contributed by atoms with Crippen LogP contribution in [-0.2, 0) is 6.42 Å². The first-order valence-corrected chi connectivity index (χ1v) is 8.36. The molecule has 0 atom stereocenters. The zero-order valence-corrected chi connectivity index (χ0v) is 14.8. The zero-order chi connectivity index (χ0) is 17.8. The van der Waals surface area contributed by atoms with Crippen LogP contribution in [0.2, 0.25) is 5.02 Å². The van der Waals surface area contributed by atoms with Gasteiger partial charge in [0, 0.05) is 16.8 Å². The maximum Gasteiger partial charge on any atom is 0.226 e. The van der Waals surface area contributed by atoms with Crippen molar-refractivity contribution in [3.05, 3.63) is 64.7 Å². The number of halogens is 1. The Morgan fingerprint density at radius 2 is 1.84 bits per heavy atom. The summed E-state index contributed by atoms with van der Waals surface area (Å²) in [4.78, 5) is 8.33. The van der Waals surface area contributed by atoms with E-state index in [4.69, 9.17) is 22.1 Å². The second kappa shape index (κ2) is 7.40. The third kappa shape index (κ3) is 4.39. The highest BCUT2D eigenvalue weighted by molar-refractivity contribution is 6.30. The van der Waals surface area contributed by atoms with Gasteiger partial charge in [0.25, 0.3) is 0 Å². The van der Waals surface area contributed by atoms with Crippen molar-refractivity contribution < 1.29 is 4.74 Å². The molecule has 5 nitrogen and oxygen atoms in total. The molecule has 0 bridgehead atoms. The van der Waals surface area contributed by atoms with Gasteiger partial charge < -0.3 is 15.8 Å². The van der Waals surface area contributed by atoms with Crippen LogP contribution in [-0.4, -0.2) is 9.97 Å². The molecule has 0 aliphatic rings. The number of nitrogen functional groups attached to an aromatic ring is 1. The molecule has 25 heavy (non-hydrogen) atoms. The largest absolute Gasteiger partial charge is 0.439 e. The molecule has 6 heteroatoms. The van der Waals surface area contributed by atoms with E-state index in [-0.39, 0.29) is 5.95 Å². The van der Waals surface area contributed by atoms with E-state index in [1.54, 1.807) is 30.3 Å². The second-order valence-electron chi connectivity index (χ2n) is 5.63. The summed E-state index contributed by atoms with van der Waals surface area (Å²) in [5, 5.41) is 3.89. The lowest BCUT2D eigenvalue weighted by Gasteiger charge is -2.11. The van der Waals surface area contributed by atoms with Crippen LogP contribution in [0, 0.1) is 6.92 Å². The monoisotopic (exact) mass is 354 g/mol. The van der Waals surface area contributed by atoms with Crippen molar-refractivity contribution in [2.24, 2.45) is 0 Å². The van der Waals surface area contributed by atoms with Gasteiger partial charge in [0.05, 0.1) is 0 Å². The van der Waals surface area contributed by atoms with Crippen LogP contribution in [0.1, 0.15) is 18.1 Å². The Morgan fingerprint density at radius 3 is 2.56 bits per heavy atom. The molecule has 0 unspecified atom stereocenters. The lowest BCUT2D eigenvalue weighted by Crippen LogP contribution is -2.02. The third-order valence-electron chi connectivity index (χ3n) is 3.76. The molecular weight excluding hydrogens is 336 g/mol. The van der Waals surface area contributed by atoms with E-state index in [0.717, 1.165) is 12.1 Å². The van der Waals surface area contributed by atoms with Crippen molar-refractivity contribution in [3.63, 3.8) is 0 Å². The van der Waals surface area contributed by atoms with Crippen molar-refractivity contribution in [1.82, 2.24) is 9.97 Å². The topological polar surface area (TPSA) is 73.1 Å². The first-order chi connectivity index (χ1) is 12.0. The van der Waals surface area contributed by atoms with E-state index in [1.165, 1.54) is 11.1 Å². The standard InChI is InChI=1S/C19H19ClN4O/c1-3-13-10-15(7-4-12(13)2)22-17-11-18(24-19(21)23-17)25-16-8-5-14(20)6-9-16/h4-11H,3H2,1-2H3,(H3,21,22,23,24). The fourth-order valence-corrected chi connectivity index (χ4v) is 2.59. The van der Waals surface area contributed by atoms with E-state index in [2.05, 4.69) is 41.3 Å². The highest BCUT2D eigenvalue weighted by Crippen LogP contribution is 2.26. The van der Waals surface area contributed by atoms with Gasteiger partial charge in [0.15, 0.2) is 0 Å². The molecule has 2 aromatic carbocycles. The van der Waals surface area contributed by atoms with Gasteiger partial charge in [0.2, 0.25) is 11.8 Å². The van der Waals surface area contributed by atoms with Crippen molar-refractivity contribution >= 4 is 29.1 Å². The summed E-state index contributed by atoms with van der Waals surface area (Å²) < 4.78 is 5.73. The van der Waals surface area contributed by atoms with E-state index in [9.17, 15) is 0 Å². The van der Waals surface area contributed by atoms with E-state index in [1.807, 2.05) is 6.07 Å². The summed E-state index contributed by atoms with van der Waals surface area (Å²) in [7, 11) is 0. The maximum atomic E-state index is 5.88. The number of nitrogens with two attached hydrogens (primary N) is 1. The van der Waals surface area contributed by atoms with Gasteiger partial charge in [-0.3, -0.25) is 0 Å². The fourth-order valence-electron chi connectivity index (χ4n) is 2.46. The Kier molecular flexibility index (Phi) is 5.05. The molecule has 1 aromatic heterocycles. The van der Waals surface area contributed by atoms with Crippen molar-refractivity contribution in [1.29, 1.82) is 0 Å². The first kappa shape index (κ1) is 17.0. The van der Waals surface area contributed by atoms with E-state index >= 15 is 0 Å². The number of aromatic nitrogens is 2. The number of anilines is 3. The van der Waals surface area contributed by atoms with Gasteiger partial charge in [-0.15, -0.1) is 0 Å². The number of rotatable bonds is 5. The highest BCUT2D eigenvalue weighted by Gasteiger charge is 2.07. The van der Waals surface area contributed by atoms with Gasteiger partial charge in [-0.05, 0) is 60.9 Å². The van der Waals surface area contributed by atoms with Crippen LogP contribution in [0.15, 0.2) is 48.5 Å². The van der Waals surface area contributed by atoms with Crippen LogP contribution < -0.4 is 15.8 Å². The van der Waals surface area contributed by atoms with Crippen LogP contribution in [0.25, 0.3) is 0 Å². The number of ether oxygens (including phenoxy) is 1. The summed E-state index contributed by atoms with van der Waals surface area (Å²) in [5.74, 6) is 1.69. The lowest BCUT2D eigenvalue weighted by molar-refractivity contribution is 0.463. The van der Waals surface area contributed by atoms with Gasteiger partial charge in [-0.2, -0.15) is 9.97 Å². The van der Waals surface area contributed by atoms with Crippen molar-refractivity contribution in [2.45, 2.75) is 20.3 Å². The number of benzene rings is 2. The number of nitrogens with zero attached hydrogens (tertiary/aromatic N) is 2. The average molecular weight is 355 g/mol. The number of hydrogen-bond donors (Lipinski definition) is 2. The van der Waals surface area contributed by atoms with Crippen LogP contribution >= 0.6 is 11.6 Å².